The maximum Gasteiger partial charge on any atom is 0.255 e. The molecule has 0 bridgehead atoms. The summed E-state index contributed by atoms with van der Waals surface area (Å²) in [5, 5.41) is 30.2. The third-order valence-corrected chi connectivity index (χ3v) is 6.72. The number of ether oxygens (including phenoxy) is 1. The lowest BCUT2D eigenvalue weighted by molar-refractivity contribution is -0.119. The normalized spacial score (nSPS) is 24.2. The van der Waals surface area contributed by atoms with E-state index >= 15 is 0 Å². The number of nitriles is 3. The average Bonchev–Trinajstić information content (AvgIpc) is 2.76. The van der Waals surface area contributed by atoms with Gasteiger partial charge in [0.15, 0.2) is 12.0 Å². The quantitative estimate of drug-likeness (QED) is 0.748. The number of benzene rings is 1. The van der Waals surface area contributed by atoms with E-state index in [1.807, 2.05) is 0 Å². The van der Waals surface area contributed by atoms with Crippen molar-refractivity contribution < 1.29 is 9.53 Å². The second-order valence-corrected chi connectivity index (χ2v) is 9.53. The molecule has 2 aliphatic carbocycles. The molecule has 2 aliphatic rings. The van der Waals surface area contributed by atoms with Crippen molar-refractivity contribution in [2.24, 2.45) is 34.1 Å². The van der Waals surface area contributed by atoms with Crippen LogP contribution in [0.25, 0.3) is 0 Å². The summed E-state index contributed by atoms with van der Waals surface area (Å²) in [6.07, 6.45) is 3.61. The summed E-state index contributed by atoms with van der Waals surface area (Å²) in [5.41, 5.74) is 11.7. The second-order valence-electron chi connectivity index (χ2n) is 9.53. The van der Waals surface area contributed by atoms with Gasteiger partial charge in [0.05, 0.1) is 23.4 Å². The zero-order valence-corrected chi connectivity index (χ0v) is 18.6. The minimum Gasteiger partial charge on any atom is -0.484 e. The molecule has 0 aliphatic heterocycles. The van der Waals surface area contributed by atoms with Crippen LogP contribution in [-0.2, 0) is 4.79 Å². The number of nitrogens with zero attached hydrogens (tertiary/aromatic N) is 3. The number of carbonyl (C=O) groups excluding carboxylic acids is 1. The Kier molecular flexibility index (Phi) is 6.02. The molecule has 0 radical (unpaired) electrons. The van der Waals surface area contributed by atoms with Gasteiger partial charge in [0.1, 0.15) is 11.8 Å². The Labute approximate surface area is 188 Å². The number of hydrogen-bond acceptors (Lipinski definition) is 6. The first-order chi connectivity index (χ1) is 15.1. The van der Waals surface area contributed by atoms with Crippen molar-refractivity contribution in [3.05, 3.63) is 52.7 Å². The van der Waals surface area contributed by atoms with Crippen LogP contribution in [0.1, 0.15) is 45.1 Å². The highest BCUT2D eigenvalue weighted by Crippen LogP contribution is 2.57. The van der Waals surface area contributed by atoms with Gasteiger partial charge in [-0.3, -0.25) is 4.79 Å². The summed E-state index contributed by atoms with van der Waals surface area (Å²) in [6.45, 7) is 6.29. The Morgan fingerprint density at radius 3 is 2.31 bits per heavy atom. The number of hydrogen-bond donors (Lipinski definition) is 2. The van der Waals surface area contributed by atoms with Crippen molar-refractivity contribution in [2.75, 3.05) is 6.61 Å². The molecule has 0 spiro atoms. The van der Waals surface area contributed by atoms with Crippen LogP contribution in [0.5, 0.6) is 5.75 Å². The lowest BCUT2D eigenvalue weighted by Crippen LogP contribution is -2.44. The van der Waals surface area contributed by atoms with E-state index in [-0.39, 0.29) is 29.2 Å². The lowest BCUT2D eigenvalue weighted by atomic mass is 9.54. The van der Waals surface area contributed by atoms with Gasteiger partial charge in [-0.15, -0.1) is 0 Å². The van der Waals surface area contributed by atoms with Crippen LogP contribution in [-0.4, -0.2) is 12.5 Å². The van der Waals surface area contributed by atoms with E-state index in [1.165, 1.54) is 0 Å². The van der Waals surface area contributed by atoms with E-state index in [2.05, 4.69) is 45.1 Å². The van der Waals surface area contributed by atoms with E-state index in [4.69, 9.17) is 16.2 Å². The van der Waals surface area contributed by atoms with Crippen molar-refractivity contribution in [3.63, 3.8) is 0 Å². The molecule has 0 aromatic heterocycles. The van der Waals surface area contributed by atoms with Crippen LogP contribution in [0.2, 0.25) is 0 Å². The zero-order chi connectivity index (χ0) is 23.7. The van der Waals surface area contributed by atoms with Crippen molar-refractivity contribution in [1.82, 2.24) is 0 Å². The van der Waals surface area contributed by atoms with E-state index in [1.54, 1.807) is 24.3 Å². The highest BCUT2D eigenvalue weighted by atomic mass is 16.5. The summed E-state index contributed by atoms with van der Waals surface area (Å²) in [5.74, 6) is -0.549. The van der Waals surface area contributed by atoms with Gasteiger partial charge in [0.2, 0.25) is 0 Å². The maximum atomic E-state index is 11.0. The molecule has 4 N–H and O–H groups in total. The smallest absolute Gasteiger partial charge is 0.255 e. The van der Waals surface area contributed by atoms with Crippen molar-refractivity contribution in [3.8, 4) is 24.0 Å². The van der Waals surface area contributed by atoms with Gasteiger partial charge in [-0.1, -0.05) is 39.0 Å². The molecule has 7 nitrogen and oxygen atoms in total. The highest BCUT2D eigenvalue weighted by Gasteiger charge is 2.55. The fourth-order valence-electron chi connectivity index (χ4n) is 4.90. The van der Waals surface area contributed by atoms with Crippen LogP contribution in [0, 0.1) is 56.7 Å². The van der Waals surface area contributed by atoms with E-state index in [0.717, 1.165) is 24.0 Å². The maximum absolute atomic E-state index is 11.0. The van der Waals surface area contributed by atoms with E-state index in [9.17, 15) is 20.6 Å². The molecule has 7 heteroatoms. The highest BCUT2D eigenvalue weighted by molar-refractivity contribution is 5.75. The number of rotatable bonds is 4. The van der Waals surface area contributed by atoms with Gasteiger partial charge in [-0.05, 0) is 53.4 Å². The number of fused-ring (bicyclic) bond motifs is 1. The first kappa shape index (κ1) is 22.9. The molecule has 164 valence electrons. The first-order valence-electron chi connectivity index (χ1n) is 10.5. The molecule has 1 aromatic carbocycles. The molecule has 3 atom stereocenters. The fraction of sp³-hybridized carbons (Fsp3) is 0.440. The average molecular weight is 430 g/mol. The number of allylic oxidation sites excluding steroid dienone is 4. The molecule has 3 rings (SSSR count). The third kappa shape index (κ3) is 3.81. The first-order valence-corrected chi connectivity index (χ1v) is 10.5. The monoisotopic (exact) mass is 429 g/mol. The standard InChI is InChI=1S/C25H27N5O2/c1-24(2,3)16-6-9-18-19(10-16)22(25(13-27,14-28)23(30)20(18)11-26)15-4-7-17(8-5-15)32-12-21(29)31/h4-5,7-9,16,19,22H,6,10,12,30H2,1-3H3,(H2,29,31)/t16-,19-,22-/m1/s1. The Bertz CT molecular complexity index is 1090. The van der Waals surface area contributed by atoms with Crippen LogP contribution in [0.15, 0.2) is 47.2 Å². The van der Waals surface area contributed by atoms with Crippen LogP contribution in [0.4, 0.5) is 0 Å². The Balaban J connectivity index is 2.16. The molecule has 1 amide bonds. The van der Waals surface area contributed by atoms with E-state index < -0.39 is 17.2 Å². The van der Waals surface area contributed by atoms with Gasteiger partial charge < -0.3 is 16.2 Å². The van der Waals surface area contributed by atoms with Gasteiger partial charge >= 0.3 is 0 Å². The Morgan fingerprint density at radius 1 is 1.19 bits per heavy atom. The number of nitrogens with two attached hydrogens (primary N) is 2. The van der Waals surface area contributed by atoms with Gasteiger partial charge in [0.25, 0.3) is 5.91 Å². The molecule has 0 unspecified atom stereocenters. The summed E-state index contributed by atoms with van der Waals surface area (Å²) in [4.78, 5) is 11.0. The predicted molar refractivity (Wildman–Crippen MR) is 118 cm³/mol. The summed E-state index contributed by atoms with van der Waals surface area (Å²) < 4.78 is 5.35. The SMILES string of the molecule is CC(C)(C)[C@@H]1CC=C2C(C#N)=C(N)C(C#N)(C#N)[C@H](c3ccc(OCC(N)=O)cc3)[C@@H]2C1. The zero-order valence-electron chi connectivity index (χ0n) is 18.6. The number of amides is 1. The Hall–Kier alpha value is -3.76. The molecule has 0 fully saturated rings. The number of carbonyl (C=O) groups is 1. The third-order valence-electron chi connectivity index (χ3n) is 6.72. The second kappa shape index (κ2) is 8.40. The molecule has 0 heterocycles. The van der Waals surface area contributed by atoms with Crippen molar-refractivity contribution in [1.29, 1.82) is 15.8 Å². The molecular formula is C25H27N5O2. The Morgan fingerprint density at radius 2 is 1.81 bits per heavy atom. The van der Waals surface area contributed by atoms with Crippen molar-refractivity contribution >= 4 is 5.91 Å². The van der Waals surface area contributed by atoms with Crippen LogP contribution in [0.3, 0.4) is 0 Å². The van der Waals surface area contributed by atoms with Gasteiger partial charge in [-0.2, -0.15) is 15.8 Å². The lowest BCUT2D eigenvalue weighted by Gasteiger charge is -2.47. The predicted octanol–water partition coefficient (Wildman–Crippen LogP) is 3.42. The molecular weight excluding hydrogens is 402 g/mol. The molecule has 0 saturated carbocycles. The topological polar surface area (TPSA) is 150 Å². The van der Waals surface area contributed by atoms with Crippen LogP contribution >= 0.6 is 0 Å². The number of primary amides is 1. The molecule has 1 aromatic rings. The minimum absolute atomic E-state index is 0.0146. The van der Waals surface area contributed by atoms with Gasteiger partial charge in [0, 0.05) is 5.92 Å². The largest absolute Gasteiger partial charge is 0.484 e. The van der Waals surface area contributed by atoms with Crippen molar-refractivity contribution in [2.45, 2.75) is 39.5 Å². The fourth-order valence-corrected chi connectivity index (χ4v) is 4.90. The van der Waals surface area contributed by atoms with Crippen LogP contribution < -0.4 is 16.2 Å². The molecule has 32 heavy (non-hydrogen) atoms. The summed E-state index contributed by atoms with van der Waals surface area (Å²) >= 11 is 0. The minimum atomic E-state index is -1.66. The summed E-state index contributed by atoms with van der Waals surface area (Å²) in [7, 11) is 0. The molecule has 0 saturated heterocycles. The van der Waals surface area contributed by atoms with Gasteiger partial charge in [-0.25, -0.2) is 0 Å². The summed E-state index contributed by atoms with van der Waals surface area (Å²) in [6, 6.07) is 13.4. The van der Waals surface area contributed by atoms with E-state index in [0.29, 0.717) is 11.7 Å².